The van der Waals surface area contributed by atoms with Crippen LogP contribution in [0.2, 0.25) is 0 Å². The zero-order chi connectivity index (χ0) is 13.0. The first-order valence-electron chi connectivity index (χ1n) is 6.70. The van der Waals surface area contributed by atoms with E-state index in [1.165, 1.54) is 12.8 Å². The topological polar surface area (TPSA) is 59.0 Å². The molecule has 2 N–H and O–H groups in total. The van der Waals surface area contributed by atoms with Crippen molar-refractivity contribution in [1.29, 1.82) is 0 Å². The van der Waals surface area contributed by atoms with Crippen LogP contribution in [-0.4, -0.2) is 29.3 Å². The molecule has 100 valence electrons. The van der Waals surface area contributed by atoms with Gasteiger partial charge in [0.25, 0.3) is 0 Å². The number of anilines is 1. The fraction of sp³-hybridized carbons (Fsp3) is 0.692. The monoisotopic (exact) mass is 250 g/mol. The van der Waals surface area contributed by atoms with Crippen molar-refractivity contribution >= 4 is 11.7 Å². The van der Waals surface area contributed by atoms with Gasteiger partial charge in [-0.3, -0.25) is 4.79 Å². The summed E-state index contributed by atoms with van der Waals surface area (Å²) in [4.78, 5) is 11.8. The van der Waals surface area contributed by atoms with Gasteiger partial charge in [0.05, 0.1) is 12.2 Å². The molecular formula is C13H22N4O. The second-order valence-corrected chi connectivity index (χ2v) is 4.99. The first-order valence-corrected chi connectivity index (χ1v) is 6.70. The zero-order valence-corrected chi connectivity index (χ0v) is 11.1. The number of hydrogen-bond donors (Lipinski definition) is 2. The molecule has 0 bridgehead atoms. The summed E-state index contributed by atoms with van der Waals surface area (Å²) in [6, 6.07) is 2.25. The third-order valence-electron chi connectivity index (χ3n) is 3.46. The molecule has 1 atom stereocenters. The van der Waals surface area contributed by atoms with Crippen molar-refractivity contribution in [2.24, 2.45) is 5.92 Å². The summed E-state index contributed by atoms with van der Waals surface area (Å²) in [5, 5.41) is 10.3. The second kappa shape index (κ2) is 6.00. The van der Waals surface area contributed by atoms with E-state index in [0.29, 0.717) is 12.5 Å². The predicted octanol–water partition coefficient (Wildman–Crippen LogP) is 1.79. The fourth-order valence-electron chi connectivity index (χ4n) is 2.15. The lowest BCUT2D eigenvalue weighted by Crippen LogP contribution is -2.19. The predicted molar refractivity (Wildman–Crippen MR) is 71.5 cm³/mol. The van der Waals surface area contributed by atoms with Crippen molar-refractivity contribution < 1.29 is 4.79 Å². The quantitative estimate of drug-likeness (QED) is 0.725. The first-order chi connectivity index (χ1) is 8.72. The van der Waals surface area contributed by atoms with Gasteiger partial charge in [0.15, 0.2) is 0 Å². The van der Waals surface area contributed by atoms with E-state index in [0.717, 1.165) is 24.7 Å². The van der Waals surface area contributed by atoms with E-state index in [-0.39, 0.29) is 5.91 Å². The van der Waals surface area contributed by atoms with Crippen LogP contribution in [0.1, 0.15) is 38.6 Å². The molecule has 0 spiro atoms. The number of aromatic nitrogens is 2. The van der Waals surface area contributed by atoms with Gasteiger partial charge >= 0.3 is 0 Å². The Hall–Kier alpha value is -1.36. The molecule has 5 nitrogen and oxygen atoms in total. The van der Waals surface area contributed by atoms with Crippen LogP contribution in [0, 0.1) is 5.92 Å². The summed E-state index contributed by atoms with van der Waals surface area (Å²) in [5.74, 6) is 1.61. The Morgan fingerprint density at radius 2 is 2.39 bits per heavy atom. The molecule has 1 aromatic rings. The standard InChI is InChI=1S/C13H22N4O/c1-10(11-5-6-11)17-12(7-9-15-17)16-13(18)4-3-8-14-2/h7,9-11,14H,3-6,8H2,1-2H3,(H,16,18). The molecule has 1 saturated carbocycles. The molecule has 1 heterocycles. The molecule has 0 saturated heterocycles. The lowest BCUT2D eigenvalue weighted by atomic mass is 10.2. The smallest absolute Gasteiger partial charge is 0.225 e. The Bertz CT molecular complexity index is 397. The maximum Gasteiger partial charge on any atom is 0.225 e. The highest BCUT2D eigenvalue weighted by molar-refractivity contribution is 5.89. The maximum absolute atomic E-state index is 11.8. The van der Waals surface area contributed by atoms with Crippen LogP contribution in [0.5, 0.6) is 0 Å². The summed E-state index contributed by atoms with van der Waals surface area (Å²) in [6.07, 6.45) is 5.70. The number of carbonyl (C=O) groups is 1. The molecule has 0 aliphatic heterocycles. The Kier molecular flexibility index (Phi) is 4.36. The van der Waals surface area contributed by atoms with Gasteiger partial charge in [-0.25, -0.2) is 4.68 Å². The van der Waals surface area contributed by atoms with Gasteiger partial charge in [-0.05, 0) is 45.7 Å². The van der Waals surface area contributed by atoms with Crippen molar-refractivity contribution in [3.8, 4) is 0 Å². The van der Waals surface area contributed by atoms with Crippen molar-refractivity contribution in [2.75, 3.05) is 18.9 Å². The summed E-state index contributed by atoms with van der Waals surface area (Å²) in [7, 11) is 1.89. The van der Waals surface area contributed by atoms with Crippen LogP contribution in [-0.2, 0) is 4.79 Å². The molecular weight excluding hydrogens is 228 g/mol. The van der Waals surface area contributed by atoms with E-state index in [4.69, 9.17) is 0 Å². The van der Waals surface area contributed by atoms with Gasteiger partial charge in [0, 0.05) is 12.5 Å². The molecule has 1 amide bonds. The minimum Gasteiger partial charge on any atom is -0.320 e. The van der Waals surface area contributed by atoms with Gasteiger partial charge in [0.1, 0.15) is 5.82 Å². The summed E-state index contributed by atoms with van der Waals surface area (Å²) in [5.41, 5.74) is 0. The van der Waals surface area contributed by atoms with Crippen LogP contribution in [0.15, 0.2) is 12.3 Å². The van der Waals surface area contributed by atoms with E-state index in [9.17, 15) is 4.79 Å². The number of hydrogen-bond acceptors (Lipinski definition) is 3. The summed E-state index contributed by atoms with van der Waals surface area (Å²) < 4.78 is 1.94. The normalized spacial score (nSPS) is 16.6. The minimum atomic E-state index is 0.0648. The SMILES string of the molecule is CNCCCC(=O)Nc1ccnn1C(C)C1CC1. The van der Waals surface area contributed by atoms with Gasteiger partial charge in [-0.1, -0.05) is 0 Å². The molecule has 5 heteroatoms. The third-order valence-corrected chi connectivity index (χ3v) is 3.46. The van der Waals surface area contributed by atoms with Crippen molar-refractivity contribution in [2.45, 2.75) is 38.6 Å². The Balaban J connectivity index is 1.88. The van der Waals surface area contributed by atoms with E-state index >= 15 is 0 Å². The fourth-order valence-corrected chi connectivity index (χ4v) is 2.15. The highest BCUT2D eigenvalue weighted by atomic mass is 16.1. The number of carbonyl (C=O) groups excluding carboxylic acids is 1. The molecule has 0 radical (unpaired) electrons. The van der Waals surface area contributed by atoms with E-state index in [1.54, 1.807) is 6.20 Å². The van der Waals surface area contributed by atoms with E-state index in [2.05, 4.69) is 22.7 Å². The number of rotatable bonds is 7. The van der Waals surface area contributed by atoms with Crippen LogP contribution >= 0.6 is 0 Å². The van der Waals surface area contributed by atoms with E-state index < -0.39 is 0 Å². The largest absolute Gasteiger partial charge is 0.320 e. The minimum absolute atomic E-state index is 0.0648. The van der Waals surface area contributed by atoms with Crippen LogP contribution in [0.25, 0.3) is 0 Å². The molecule has 2 rings (SSSR count). The first kappa shape index (κ1) is 13.1. The lowest BCUT2D eigenvalue weighted by Gasteiger charge is -2.15. The zero-order valence-electron chi connectivity index (χ0n) is 11.1. The number of nitrogens with one attached hydrogen (secondary N) is 2. The van der Waals surface area contributed by atoms with E-state index in [1.807, 2.05) is 17.8 Å². The summed E-state index contributed by atoms with van der Waals surface area (Å²) in [6.45, 7) is 3.03. The van der Waals surface area contributed by atoms with Gasteiger partial charge in [0.2, 0.25) is 5.91 Å². The number of nitrogens with zero attached hydrogens (tertiary/aromatic N) is 2. The van der Waals surface area contributed by atoms with Gasteiger partial charge in [-0.15, -0.1) is 0 Å². The lowest BCUT2D eigenvalue weighted by molar-refractivity contribution is -0.116. The highest BCUT2D eigenvalue weighted by Crippen LogP contribution is 2.40. The second-order valence-electron chi connectivity index (χ2n) is 4.99. The summed E-state index contributed by atoms with van der Waals surface area (Å²) >= 11 is 0. The molecule has 1 aliphatic rings. The maximum atomic E-state index is 11.8. The van der Waals surface area contributed by atoms with Crippen molar-refractivity contribution in [3.63, 3.8) is 0 Å². The van der Waals surface area contributed by atoms with Crippen molar-refractivity contribution in [3.05, 3.63) is 12.3 Å². The van der Waals surface area contributed by atoms with Crippen LogP contribution in [0.3, 0.4) is 0 Å². The van der Waals surface area contributed by atoms with Crippen molar-refractivity contribution in [1.82, 2.24) is 15.1 Å². The van der Waals surface area contributed by atoms with Gasteiger partial charge in [-0.2, -0.15) is 5.10 Å². The molecule has 1 fully saturated rings. The third kappa shape index (κ3) is 3.32. The Labute approximate surface area is 108 Å². The average molecular weight is 250 g/mol. The average Bonchev–Trinajstić information content (AvgIpc) is 3.10. The Morgan fingerprint density at radius 1 is 1.61 bits per heavy atom. The highest BCUT2D eigenvalue weighted by Gasteiger charge is 2.30. The Morgan fingerprint density at radius 3 is 3.06 bits per heavy atom. The number of amides is 1. The van der Waals surface area contributed by atoms with Gasteiger partial charge < -0.3 is 10.6 Å². The molecule has 0 aromatic carbocycles. The van der Waals surface area contributed by atoms with Crippen LogP contribution in [0.4, 0.5) is 5.82 Å². The molecule has 1 aromatic heterocycles. The molecule has 1 unspecified atom stereocenters. The molecule has 1 aliphatic carbocycles. The molecule has 18 heavy (non-hydrogen) atoms. The van der Waals surface area contributed by atoms with Crippen LogP contribution < -0.4 is 10.6 Å².